The van der Waals surface area contributed by atoms with E-state index in [0.717, 1.165) is 30.8 Å². The Morgan fingerprint density at radius 2 is 1.69 bits per heavy atom. The molecule has 1 unspecified atom stereocenters. The number of anilines is 1. The van der Waals surface area contributed by atoms with E-state index in [2.05, 4.69) is 20.9 Å². The van der Waals surface area contributed by atoms with E-state index in [1.807, 2.05) is 19.1 Å². The number of hydrogen-bond acceptors (Lipinski definition) is 8. The molecule has 2 aromatic rings. The van der Waals surface area contributed by atoms with Gasteiger partial charge in [-0.15, -0.1) is 0 Å². The number of pyridine rings is 1. The predicted octanol–water partition coefficient (Wildman–Crippen LogP) is 3.66. The number of aliphatic carboxylic acids is 2. The second-order valence-corrected chi connectivity index (χ2v) is 9.06. The fourth-order valence-electron chi connectivity index (χ4n) is 3.42. The van der Waals surface area contributed by atoms with Crippen molar-refractivity contribution in [2.45, 2.75) is 58.2 Å². The Bertz CT molecular complexity index is 1260. The standard InChI is InChI=1S/C24H31N5O6.C2HF3O2/c1-16-9-11-26-21(12-16)25-10-5-3-4-6-22(30)27-15-23(31)28-19(14-24(32)33)18-8-7-17(2)20(13-18)29(34)35;3-2(4,5)1(6)7/h7-9,11-13,19H,3-6,10,14-15H2,1-2H3,(H,25,26)(H,27,30)(H,28,31)(H,32,33);(H,6,7). The zero-order chi connectivity index (χ0) is 31.9. The first-order valence-electron chi connectivity index (χ1n) is 12.6. The number of halogens is 3. The molecule has 1 atom stereocenters. The quantitative estimate of drug-likeness (QED) is 0.121. The van der Waals surface area contributed by atoms with Crippen molar-refractivity contribution in [2.24, 2.45) is 0 Å². The van der Waals surface area contributed by atoms with Crippen LogP contribution >= 0.6 is 0 Å². The minimum absolute atomic E-state index is 0.161. The van der Waals surface area contributed by atoms with Crippen LogP contribution in [0.1, 0.15) is 54.8 Å². The molecule has 1 heterocycles. The minimum Gasteiger partial charge on any atom is -0.481 e. The van der Waals surface area contributed by atoms with Crippen molar-refractivity contribution in [3.63, 3.8) is 0 Å². The Balaban J connectivity index is 0.00000112. The SMILES string of the molecule is Cc1ccnc(NCCCCCC(=O)NCC(=O)NC(CC(=O)O)c2ccc(C)c([N+](=O)[O-])c2)c1.O=C(O)C(F)(F)F. The molecule has 0 saturated heterocycles. The van der Waals surface area contributed by atoms with Crippen molar-refractivity contribution >= 4 is 35.3 Å². The Morgan fingerprint density at radius 1 is 1.02 bits per heavy atom. The van der Waals surface area contributed by atoms with Gasteiger partial charge in [-0.3, -0.25) is 24.5 Å². The van der Waals surface area contributed by atoms with E-state index in [1.54, 1.807) is 19.2 Å². The topological polar surface area (TPSA) is 201 Å². The lowest BCUT2D eigenvalue weighted by molar-refractivity contribution is -0.385. The minimum atomic E-state index is -5.08. The zero-order valence-electron chi connectivity index (χ0n) is 22.9. The number of alkyl halides is 3. The number of carboxylic acid groups (broad SMARTS) is 2. The van der Waals surface area contributed by atoms with E-state index in [-0.39, 0.29) is 24.6 Å². The lowest BCUT2D eigenvalue weighted by Crippen LogP contribution is -2.39. The lowest BCUT2D eigenvalue weighted by Gasteiger charge is -2.18. The molecule has 0 spiro atoms. The van der Waals surface area contributed by atoms with Gasteiger partial charge in [0.05, 0.1) is 23.9 Å². The number of nitro benzene ring substituents is 1. The largest absolute Gasteiger partial charge is 0.490 e. The van der Waals surface area contributed by atoms with Crippen LogP contribution in [-0.4, -0.2) is 63.1 Å². The molecule has 0 aliphatic carbocycles. The normalized spacial score (nSPS) is 11.4. The Labute approximate surface area is 238 Å². The van der Waals surface area contributed by atoms with Gasteiger partial charge < -0.3 is 26.2 Å². The predicted molar refractivity (Wildman–Crippen MR) is 144 cm³/mol. The van der Waals surface area contributed by atoms with E-state index < -0.39 is 41.4 Å². The Morgan fingerprint density at radius 3 is 2.26 bits per heavy atom. The van der Waals surface area contributed by atoms with Gasteiger partial charge in [-0.05, 0) is 49.9 Å². The molecular weight excluding hydrogens is 567 g/mol. The third-order valence-electron chi connectivity index (χ3n) is 5.54. The van der Waals surface area contributed by atoms with Gasteiger partial charge in [0.25, 0.3) is 5.69 Å². The molecule has 0 saturated carbocycles. The van der Waals surface area contributed by atoms with Gasteiger partial charge in [-0.25, -0.2) is 9.78 Å². The van der Waals surface area contributed by atoms with Crippen molar-refractivity contribution in [3.8, 4) is 0 Å². The van der Waals surface area contributed by atoms with Crippen LogP contribution in [-0.2, 0) is 19.2 Å². The summed E-state index contributed by atoms with van der Waals surface area (Å²) in [5, 5.41) is 35.8. The summed E-state index contributed by atoms with van der Waals surface area (Å²) in [4.78, 5) is 59.3. The first kappa shape index (κ1) is 35.3. The van der Waals surface area contributed by atoms with Crippen molar-refractivity contribution in [1.82, 2.24) is 15.6 Å². The average molecular weight is 600 g/mol. The highest BCUT2D eigenvalue weighted by molar-refractivity contribution is 5.85. The Hall–Kier alpha value is -4.76. The molecule has 13 nitrogen and oxygen atoms in total. The van der Waals surface area contributed by atoms with Gasteiger partial charge in [-0.1, -0.05) is 18.6 Å². The summed E-state index contributed by atoms with van der Waals surface area (Å²) in [7, 11) is 0. The molecule has 0 fully saturated rings. The van der Waals surface area contributed by atoms with Gasteiger partial charge in [0.2, 0.25) is 11.8 Å². The molecular formula is C26H32F3N5O8. The number of nitrogens with one attached hydrogen (secondary N) is 3. The van der Waals surface area contributed by atoms with E-state index in [1.165, 1.54) is 12.1 Å². The van der Waals surface area contributed by atoms with Crippen molar-refractivity contribution < 1.29 is 47.5 Å². The molecule has 230 valence electrons. The first-order valence-corrected chi connectivity index (χ1v) is 12.6. The van der Waals surface area contributed by atoms with E-state index in [9.17, 15) is 42.8 Å². The molecule has 0 bridgehead atoms. The average Bonchev–Trinajstić information content (AvgIpc) is 2.89. The fraction of sp³-hybridized carbons (Fsp3) is 0.423. The summed E-state index contributed by atoms with van der Waals surface area (Å²) in [6.07, 6.45) is -1.18. The smallest absolute Gasteiger partial charge is 0.481 e. The van der Waals surface area contributed by atoms with Crippen LogP contribution in [0.5, 0.6) is 0 Å². The number of amides is 2. The second-order valence-electron chi connectivity index (χ2n) is 9.06. The molecule has 16 heteroatoms. The third-order valence-corrected chi connectivity index (χ3v) is 5.54. The van der Waals surface area contributed by atoms with E-state index in [4.69, 9.17) is 9.90 Å². The molecule has 0 aliphatic rings. The van der Waals surface area contributed by atoms with E-state index in [0.29, 0.717) is 17.5 Å². The summed E-state index contributed by atoms with van der Waals surface area (Å²) in [5.74, 6) is -3.98. The van der Waals surface area contributed by atoms with Crippen LogP contribution in [0.3, 0.4) is 0 Å². The second kappa shape index (κ2) is 17.1. The molecule has 1 aromatic heterocycles. The van der Waals surface area contributed by atoms with Gasteiger partial charge in [-0.2, -0.15) is 13.2 Å². The number of aromatic nitrogens is 1. The number of aryl methyl sites for hydroxylation is 2. The number of unbranched alkanes of at least 4 members (excludes halogenated alkanes) is 2. The number of nitrogens with zero attached hydrogens (tertiary/aromatic N) is 2. The van der Waals surface area contributed by atoms with Crippen LogP contribution in [0.4, 0.5) is 24.7 Å². The molecule has 1 aromatic carbocycles. The summed E-state index contributed by atoms with van der Waals surface area (Å²) < 4.78 is 31.7. The number of carbonyl (C=O) groups excluding carboxylic acids is 2. The maximum atomic E-state index is 12.3. The highest BCUT2D eigenvalue weighted by atomic mass is 19.4. The number of hydrogen-bond donors (Lipinski definition) is 5. The first-order chi connectivity index (χ1) is 19.6. The maximum absolute atomic E-state index is 12.3. The monoisotopic (exact) mass is 599 g/mol. The summed E-state index contributed by atoms with van der Waals surface area (Å²) >= 11 is 0. The van der Waals surface area contributed by atoms with Crippen LogP contribution < -0.4 is 16.0 Å². The van der Waals surface area contributed by atoms with Crippen LogP contribution in [0.25, 0.3) is 0 Å². The van der Waals surface area contributed by atoms with Gasteiger partial charge in [0, 0.05) is 30.8 Å². The molecule has 0 aliphatic heterocycles. The lowest BCUT2D eigenvalue weighted by atomic mass is 10.0. The van der Waals surface area contributed by atoms with Gasteiger partial charge >= 0.3 is 18.1 Å². The number of nitro groups is 1. The molecule has 0 radical (unpaired) electrons. The summed E-state index contributed by atoms with van der Waals surface area (Å²) in [6, 6.07) is 7.21. The maximum Gasteiger partial charge on any atom is 0.490 e. The number of rotatable bonds is 14. The Kier molecular flexibility index (Phi) is 14.4. The van der Waals surface area contributed by atoms with Crippen molar-refractivity contribution in [1.29, 1.82) is 0 Å². The number of carbonyl (C=O) groups is 4. The third kappa shape index (κ3) is 14.0. The summed E-state index contributed by atoms with van der Waals surface area (Å²) in [5.41, 5.74) is 1.69. The van der Waals surface area contributed by atoms with E-state index >= 15 is 0 Å². The van der Waals surface area contributed by atoms with Gasteiger partial charge in [0.15, 0.2) is 0 Å². The number of benzene rings is 1. The van der Waals surface area contributed by atoms with Gasteiger partial charge in [0.1, 0.15) is 5.82 Å². The van der Waals surface area contributed by atoms with Crippen LogP contribution in [0.2, 0.25) is 0 Å². The summed E-state index contributed by atoms with van der Waals surface area (Å²) in [6.45, 7) is 3.98. The number of carboxylic acids is 2. The van der Waals surface area contributed by atoms with Crippen LogP contribution in [0.15, 0.2) is 36.5 Å². The molecule has 2 rings (SSSR count). The highest BCUT2D eigenvalue weighted by Gasteiger charge is 2.38. The molecule has 5 N–H and O–H groups in total. The highest BCUT2D eigenvalue weighted by Crippen LogP contribution is 2.25. The zero-order valence-corrected chi connectivity index (χ0v) is 22.9. The molecule has 42 heavy (non-hydrogen) atoms. The van der Waals surface area contributed by atoms with Crippen molar-refractivity contribution in [3.05, 3.63) is 63.3 Å². The van der Waals surface area contributed by atoms with Crippen molar-refractivity contribution in [2.75, 3.05) is 18.4 Å². The molecule has 2 amide bonds. The fourth-order valence-corrected chi connectivity index (χ4v) is 3.42. The van der Waals surface area contributed by atoms with Crippen LogP contribution in [0, 0.1) is 24.0 Å².